The number of halogens is 1. The lowest BCUT2D eigenvalue weighted by atomic mass is 10.2. The van der Waals surface area contributed by atoms with E-state index in [2.05, 4.69) is 21.1 Å². The van der Waals surface area contributed by atoms with Crippen molar-refractivity contribution in [3.63, 3.8) is 0 Å². The van der Waals surface area contributed by atoms with Gasteiger partial charge >= 0.3 is 0 Å². The van der Waals surface area contributed by atoms with Crippen molar-refractivity contribution in [1.29, 1.82) is 0 Å². The average molecular weight is 318 g/mol. The van der Waals surface area contributed by atoms with Gasteiger partial charge in [0.15, 0.2) is 5.84 Å². The Bertz CT molecular complexity index is 460. The maximum Gasteiger partial charge on any atom is 0.255 e. The minimum absolute atomic E-state index is 0.0685. The summed E-state index contributed by atoms with van der Waals surface area (Å²) in [6.45, 7) is 0.646. The molecule has 92 valence electrons. The smallest absolute Gasteiger partial charge is 0.255 e. The summed E-state index contributed by atoms with van der Waals surface area (Å²) in [7, 11) is 0. The summed E-state index contributed by atoms with van der Waals surface area (Å²) in [5.74, 6) is 0.0335. The second-order valence-electron chi connectivity index (χ2n) is 3.82. The first-order valence-electron chi connectivity index (χ1n) is 5.16. The molecule has 5 nitrogen and oxygen atoms in total. The van der Waals surface area contributed by atoms with Gasteiger partial charge in [-0.2, -0.15) is 0 Å². The number of hydrogen-bond acceptors (Lipinski definition) is 4. The normalized spacial score (nSPS) is 20.9. The predicted octanol–water partition coefficient (Wildman–Crippen LogP) is 1.86. The number of oxime groups is 1. The van der Waals surface area contributed by atoms with Gasteiger partial charge in [-0.25, -0.2) is 0 Å². The highest BCUT2D eigenvalue weighted by Crippen LogP contribution is 2.25. The molecule has 0 radical (unpaired) electrons. The van der Waals surface area contributed by atoms with Crippen molar-refractivity contribution in [3.8, 4) is 0 Å². The minimum Gasteiger partial charge on any atom is -0.409 e. The van der Waals surface area contributed by atoms with Crippen LogP contribution < -0.4 is 5.73 Å². The zero-order valence-corrected chi connectivity index (χ0v) is 11.4. The van der Waals surface area contributed by atoms with Crippen molar-refractivity contribution in [2.45, 2.75) is 18.9 Å². The van der Waals surface area contributed by atoms with Gasteiger partial charge in [-0.05, 0) is 34.8 Å². The van der Waals surface area contributed by atoms with Gasteiger partial charge in [0.1, 0.15) is 0 Å². The van der Waals surface area contributed by atoms with Gasteiger partial charge in [0, 0.05) is 11.9 Å². The van der Waals surface area contributed by atoms with E-state index in [9.17, 15) is 4.79 Å². The van der Waals surface area contributed by atoms with Crippen molar-refractivity contribution in [3.05, 3.63) is 20.8 Å². The summed E-state index contributed by atoms with van der Waals surface area (Å²) in [6, 6.07) is 1.50. The number of thiophene rings is 1. The molecule has 0 aromatic carbocycles. The summed E-state index contributed by atoms with van der Waals surface area (Å²) in [4.78, 5) is 13.9. The largest absolute Gasteiger partial charge is 0.409 e. The molecule has 1 amide bonds. The lowest BCUT2D eigenvalue weighted by molar-refractivity contribution is 0.0768. The van der Waals surface area contributed by atoms with Crippen molar-refractivity contribution >= 4 is 39.0 Å². The average Bonchev–Trinajstić information content (AvgIpc) is 2.95. The highest BCUT2D eigenvalue weighted by atomic mass is 79.9. The molecule has 3 N–H and O–H groups in total. The fourth-order valence-corrected chi connectivity index (χ4v) is 3.10. The number of likely N-dealkylation sites (tertiary alicyclic amines) is 1. The van der Waals surface area contributed by atoms with Crippen LogP contribution in [0, 0.1) is 0 Å². The number of amidine groups is 1. The summed E-state index contributed by atoms with van der Waals surface area (Å²) in [6.07, 6.45) is 1.62. The molecule has 0 saturated carbocycles. The number of nitrogens with two attached hydrogens (primary N) is 1. The SMILES string of the molecule is NC(=NO)C1CCCN1C(=O)c1csc(Br)c1. The molecule has 7 heteroatoms. The van der Waals surface area contributed by atoms with Crippen molar-refractivity contribution in [1.82, 2.24) is 4.90 Å². The maximum absolute atomic E-state index is 12.2. The van der Waals surface area contributed by atoms with Gasteiger partial charge in [0.05, 0.1) is 15.4 Å². The summed E-state index contributed by atoms with van der Waals surface area (Å²) in [5, 5.41) is 13.5. The maximum atomic E-state index is 12.2. The molecule has 0 spiro atoms. The molecular weight excluding hydrogens is 306 g/mol. The fourth-order valence-electron chi connectivity index (χ4n) is 1.97. The zero-order chi connectivity index (χ0) is 12.4. The van der Waals surface area contributed by atoms with Gasteiger partial charge in [0.2, 0.25) is 0 Å². The number of carbonyl (C=O) groups is 1. The summed E-state index contributed by atoms with van der Waals surface area (Å²) >= 11 is 4.79. The molecule has 1 fully saturated rings. The highest BCUT2D eigenvalue weighted by molar-refractivity contribution is 9.11. The Morgan fingerprint density at radius 3 is 3.06 bits per heavy atom. The second-order valence-corrected chi connectivity index (χ2v) is 6.11. The minimum atomic E-state index is -0.286. The van der Waals surface area contributed by atoms with Gasteiger partial charge in [-0.3, -0.25) is 4.79 Å². The Labute approximate surface area is 111 Å². The van der Waals surface area contributed by atoms with Crippen LogP contribution in [0.5, 0.6) is 0 Å². The van der Waals surface area contributed by atoms with Crippen LogP contribution in [0.25, 0.3) is 0 Å². The quantitative estimate of drug-likeness (QED) is 0.378. The van der Waals surface area contributed by atoms with Crippen molar-refractivity contribution in [2.75, 3.05) is 6.54 Å². The van der Waals surface area contributed by atoms with Crippen LogP contribution in [0.3, 0.4) is 0 Å². The van der Waals surface area contributed by atoms with Crippen molar-refractivity contribution < 1.29 is 10.0 Å². The molecule has 1 aromatic heterocycles. The highest BCUT2D eigenvalue weighted by Gasteiger charge is 2.32. The molecule has 0 bridgehead atoms. The monoisotopic (exact) mass is 317 g/mol. The van der Waals surface area contributed by atoms with E-state index >= 15 is 0 Å². The first kappa shape index (κ1) is 12.4. The number of nitrogens with zero attached hydrogens (tertiary/aromatic N) is 2. The molecule has 1 aliphatic heterocycles. The van der Waals surface area contributed by atoms with Crippen LogP contribution in [0.4, 0.5) is 0 Å². The van der Waals surface area contributed by atoms with Gasteiger partial charge in [-0.1, -0.05) is 5.16 Å². The van der Waals surface area contributed by atoms with E-state index in [4.69, 9.17) is 10.9 Å². The second kappa shape index (κ2) is 5.05. The third-order valence-electron chi connectivity index (χ3n) is 2.78. The molecule has 1 atom stereocenters. The standard InChI is InChI=1S/C10H12BrN3O2S/c11-8-4-6(5-17-8)10(15)14-3-1-2-7(14)9(12)13-16/h4-5,7,16H,1-3H2,(H2,12,13). The molecular formula is C10H12BrN3O2S. The molecule has 0 aliphatic carbocycles. The Balaban J connectivity index is 2.19. The molecule has 1 saturated heterocycles. The molecule has 1 unspecified atom stereocenters. The molecule has 1 aromatic rings. The van der Waals surface area contributed by atoms with E-state index in [1.54, 1.807) is 16.3 Å². The zero-order valence-electron chi connectivity index (χ0n) is 8.97. The van der Waals surface area contributed by atoms with Gasteiger partial charge in [-0.15, -0.1) is 11.3 Å². The lowest BCUT2D eigenvalue weighted by Crippen LogP contribution is -2.43. The van der Waals surface area contributed by atoms with Gasteiger partial charge < -0.3 is 15.8 Å². The Kier molecular flexibility index (Phi) is 3.68. The van der Waals surface area contributed by atoms with Crippen LogP contribution >= 0.6 is 27.3 Å². The summed E-state index contributed by atoms with van der Waals surface area (Å²) in [5.41, 5.74) is 6.23. The molecule has 2 heterocycles. The van der Waals surface area contributed by atoms with E-state index in [1.807, 2.05) is 0 Å². The van der Waals surface area contributed by atoms with E-state index in [0.29, 0.717) is 12.1 Å². The Morgan fingerprint density at radius 1 is 1.71 bits per heavy atom. The van der Waals surface area contributed by atoms with Crippen LogP contribution in [0.15, 0.2) is 20.4 Å². The van der Waals surface area contributed by atoms with E-state index in [0.717, 1.165) is 16.6 Å². The fraction of sp³-hybridized carbons (Fsp3) is 0.400. The lowest BCUT2D eigenvalue weighted by Gasteiger charge is -2.23. The van der Waals surface area contributed by atoms with E-state index in [1.165, 1.54) is 11.3 Å². The molecule has 17 heavy (non-hydrogen) atoms. The Morgan fingerprint density at radius 2 is 2.47 bits per heavy atom. The van der Waals surface area contributed by atoms with Crippen molar-refractivity contribution in [2.24, 2.45) is 10.9 Å². The van der Waals surface area contributed by atoms with Crippen LogP contribution in [0.1, 0.15) is 23.2 Å². The number of amides is 1. The van der Waals surface area contributed by atoms with Crippen LogP contribution in [-0.2, 0) is 0 Å². The first-order chi connectivity index (χ1) is 8.13. The topological polar surface area (TPSA) is 78.9 Å². The van der Waals surface area contributed by atoms with E-state index < -0.39 is 0 Å². The number of hydrogen-bond donors (Lipinski definition) is 2. The molecule has 1 aliphatic rings. The molecule has 2 rings (SSSR count). The van der Waals surface area contributed by atoms with Crippen LogP contribution in [0.2, 0.25) is 0 Å². The predicted molar refractivity (Wildman–Crippen MR) is 69.5 cm³/mol. The number of rotatable bonds is 2. The third-order valence-corrected chi connectivity index (χ3v) is 4.29. The van der Waals surface area contributed by atoms with Crippen LogP contribution in [-0.4, -0.2) is 34.4 Å². The summed E-state index contributed by atoms with van der Waals surface area (Å²) < 4.78 is 0.917. The number of carbonyl (C=O) groups excluding carboxylic acids is 1. The Hall–Kier alpha value is -1.08. The first-order valence-corrected chi connectivity index (χ1v) is 6.83. The van der Waals surface area contributed by atoms with Gasteiger partial charge in [0.25, 0.3) is 5.91 Å². The third kappa shape index (κ3) is 2.44. The van der Waals surface area contributed by atoms with E-state index in [-0.39, 0.29) is 17.8 Å².